The summed E-state index contributed by atoms with van der Waals surface area (Å²) in [5.74, 6) is 1.00. The molecule has 1 aromatic heterocycles. The van der Waals surface area contributed by atoms with Gasteiger partial charge >= 0.3 is 5.69 Å². The third kappa shape index (κ3) is 1.29. The number of benzene rings is 1. The molecule has 0 fully saturated rings. The molecule has 0 bridgehead atoms. The van der Waals surface area contributed by atoms with Gasteiger partial charge in [-0.2, -0.15) is 5.10 Å². The molecule has 0 aliphatic heterocycles. The minimum Gasteiger partial charge on any atom is -0.292 e. The van der Waals surface area contributed by atoms with Gasteiger partial charge in [-0.05, 0) is 24.0 Å². The Labute approximate surface area is 86.4 Å². The molecule has 2 aromatic rings. The van der Waals surface area contributed by atoms with E-state index >= 15 is 0 Å². The minimum absolute atomic E-state index is 0.227. The molecule has 3 rings (SSSR count). The topological polar surface area (TPSA) is 61.5 Å². The summed E-state index contributed by atoms with van der Waals surface area (Å²) in [6, 6.07) is 8.33. The van der Waals surface area contributed by atoms with Gasteiger partial charge in [0, 0.05) is 5.92 Å². The molecule has 1 heterocycles. The third-order valence-corrected chi connectivity index (χ3v) is 2.98. The van der Waals surface area contributed by atoms with Crippen molar-refractivity contribution < 1.29 is 0 Å². The van der Waals surface area contributed by atoms with Gasteiger partial charge in [-0.15, -0.1) is 0 Å². The fraction of sp³-hybridized carbons (Fsp3) is 0.273. The second-order valence-electron chi connectivity index (χ2n) is 3.85. The molecule has 1 unspecified atom stereocenters. The molecule has 1 aromatic carbocycles. The smallest absolute Gasteiger partial charge is 0.292 e. The van der Waals surface area contributed by atoms with Gasteiger partial charge in [0.05, 0.1) is 0 Å². The number of H-pyrrole nitrogens is 2. The highest BCUT2D eigenvalue weighted by Gasteiger charge is 2.25. The van der Waals surface area contributed by atoms with E-state index in [-0.39, 0.29) is 11.6 Å². The second-order valence-corrected chi connectivity index (χ2v) is 3.85. The fourth-order valence-electron chi connectivity index (χ4n) is 2.29. The van der Waals surface area contributed by atoms with E-state index in [1.807, 2.05) is 6.07 Å². The predicted octanol–water partition coefficient (Wildman–Crippen LogP) is 1.18. The molecule has 0 saturated carbocycles. The lowest BCUT2D eigenvalue weighted by molar-refractivity contribution is 0.733. The summed E-state index contributed by atoms with van der Waals surface area (Å²) < 4.78 is 0. The van der Waals surface area contributed by atoms with E-state index in [1.54, 1.807) is 0 Å². The Kier molecular flexibility index (Phi) is 1.74. The number of hydrogen-bond acceptors (Lipinski definition) is 2. The molecule has 0 amide bonds. The van der Waals surface area contributed by atoms with Gasteiger partial charge in [-0.1, -0.05) is 24.3 Å². The minimum atomic E-state index is -0.227. The van der Waals surface area contributed by atoms with Crippen LogP contribution in [0.25, 0.3) is 0 Å². The summed E-state index contributed by atoms with van der Waals surface area (Å²) in [6.45, 7) is 0. The van der Waals surface area contributed by atoms with E-state index in [0.29, 0.717) is 0 Å². The maximum absolute atomic E-state index is 11.0. The highest BCUT2D eigenvalue weighted by atomic mass is 16.1. The number of nitrogens with zero attached hydrogens (tertiary/aromatic N) is 1. The van der Waals surface area contributed by atoms with Crippen LogP contribution >= 0.6 is 0 Å². The standard InChI is InChI=1S/C11H11N3O/c15-11-12-10(13-14-11)9-6-5-7-3-1-2-4-8(7)9/h1-4,9H,5-6H2,(H2,12,13,14,15). The van der Waals surface area contributed by atoms with Crippen molar-refractivity contribution >= 4 is 0 Å². The van der Waals surface area contributed by atoms with Crippen LogP contribution < -0.4 is 5.69 Å². The molecule has 0 radical (unpaired) electrons. The van der Waals surface area contributed by atoms with Crippen LogP contribution in [0.15, 0.2) is 29.1 Å². The van der Waals surface area contributed by atoms with Crippen LogP contribution in [-0.4, -0.2) is 15.2 Å². The average molecular weight is 201 g/mol. The van der Waals surface area contributed by atoms with Crippen molar-refractivity contribution in [2.45, 2.75) is 18.8 Å². The Hall–Kier alpha value is -1.84. The molecule has 0 spiro atoms. The lowest BCUT2D eigenvalue weighted by atomic mass is 10.0. The zero-order valence-electron chi connectivity index (χ0n) is 8.16. The van der Waals surface area contributed by atoms with Crippen molar-refractivity contribution in [3.63, 3.8) is 0 Å². The monoisotopic (exact) mass is 201 g/mol. The van der Waals surface area contributed by atoms with E-state index < -0.39 is 0 Å². The molecule has 1 aliphatic rings. The number of rotatable bonds is 1. The van der Waals surface area contributed by atoms with Crippen LogP contribution in [0.1, 0.15) is 29.3 Å². The first-order chi connectivity index (χ1) is 7.34. The largest absolute Gasteiger partial charge is 0.340 e. The summed E-state index contributed by atoms with van der Waals surface area (Å²) in [6.07, 6.45) is 2.09. The molecular formula is C11H11N3O. The number of hydrogen-bond donors (Lipinski definition) is 2. The van der Waals surface area contributed by atoms with Crippen LogP contribution in [0, 0.1) is 0 Å². The molecule has 4 heteroatoms. The summed E-state index contributed by atoms with van der Waals surface area (Å²) in [4.78, 5) is 13.7. The molecule has 2 N–H and O–H groups in total. The Bertz CT molecular complexity index is 541. The lowest BCUT2D eigenvalue weighted by Crippen LogP contribution is -2.03. The first kappa shape index (κ1) is 8.47. The van der Waals surface area contributed by atoms with Gasteiger partial charge in [0.15, 0.2) is 0 Å². The van der Waals surface area contributed by atoms with Gasteiger partial charge in [0.2, 0.25) is 0 Å². The van der Waals surface area contributed by atoms with Crippen molar-refractivity contribution in [3.8, 4) is 0 Å². The molecule has 15 heavy (non-hydrogen) atoms. The average Bonchev–Trinajstić information content (AvgIpc) is 2.83. The zero-order valence-corrected chi connectivity index (χ0v) is 8.16. The fourth-order valence-corrected chi connectivity index (χ4v) is 2.29. The van der Waals surface area contributed by atoms with Crippen molar-refractivity contribution in [1.29, 1.82) is 0 Å². The van der Waals surface area contributed by atoms with E-state index in [4.69, 9.17) is 0 Å². The molecule has 1 atom stereocenters. The SMILES string of the molecule is O=c1[nH]nc(C2CCc3ccccc32)[nH]1. The first-order valence-corrected chi connectivity index (χ1v) is 5.07. The van der Waals surface area contributed by atoms with Gasteiger partial charge in [-0.25, -0.2) is 9.89 Å². The molecule has 0 saturated heterocycles. The summed E-state index contributed by atoms with van der Waals surface area (Å²) >= 11 is 0. The zero-order chi connectivity index (χ0) is 10.3. The Morgan fingerprint density at radius 3 is 3.00 bits per heavy atom. The molecule has 1 aliphatic carbocycles. The number of fused-ring (bicyclic) bond motifs is 1. The van der Waals surface area contributed by atoms with Gasteiger partial charge in [0.1, 0.15) is 5.82 Å². The third-order valence-electron chi connectivity index (χ3n) is 2.98. The maximum atomic E-state index is 11.0. The second kappa shape index (κ2) is 3.08. The van der Waals surface area contributed by atoms with E-state index in [0.717, 1.165) is 18.7 Å². The van der Waals surface area contributed by atoms with Crippen LogP contribution in [-0.2, 0) is 6.42 Å². The number of nitrogens with one attached hydrogen (secondary N) is 2. The Morgan fingerprint density at radius 1 is 1.33 bits per heavy atom. The quantitative estimate of drug-likeness (QED) is 0.727. The van der Waals surface area contributed by atoms with Crippen molar-refractivity contribution in [3.05, 3.63) is 51.7 Å². The van der Waals surface area contributed by atoms with Crippen LogP contribution in [0.5, 0.6) is 0 Å². The van der Waals surface area contributed by atoms with Gasteiger partial charge in [0.25, 0.3) is 0 Å². The van der Waals surface area contributed by atoms with E-state index in [9.17, 15) is 4.79 Å². The van der Waals surface area contributed by atoms with Gasteiger partial charge < -0.3 is 0 Å². The summed E-state index contributed by atoms with van der Waals surface area (Å²) in [5.41, 5.74) is 2.43. The summed E-state index contributed by atoms with van der Waals surface area (Å²) in [7, 11) is 0. The van der Waals surface area contributed by atoms with Crippen molar-refractivity contribution in [1.82, 2.24) is 15.2 Å². The van der Waals surface area contributed by atoms with Crippen LogP contribution in [0.4, 0.5) is 0 Å². The first-order valence-electron chi connectivity index (χ1n) is 5.07. The van der Waals surface area contributed by atoms with Gasteiger partial charge in [-0.3, -0.25) is 4.98 Å². The number of aryl methyl sites for hydroxylation is 1. The molecular weight excluding hydrogens is 190 g/mol. The lowest BCUT2D eigenvalue weighted by Gasteiger charge is -2.06. The van der Waals surface area contributed by atoms with Crippen molar-refractivity contribution in [2.24, 2.45) is 0 Å². The normalized spacial score (nSPS) is 19.1. The van der Waals surface area contributed by atoms with E-state index in [1.165, 1.54) is 11.1 Å². The highest BCUT2D eigenvalue weighted by molar-refractivity contribution is 5.38. The number of aromatic nitrogens is 3. The Morgan fingerprint density at radius 2 is 2.20 bits per heavy atom. The predicted molar refractivity (Wildman–Crippen MR) is 55.8 cm³/mol. The maximum Gasteiger partial charge on any atom is 0.340 e. The number of aromatic amines is 2. The molecule has 76 valence electrons. The van der Waals surface area contributed by atoms with Crippen LogP contribution in [0.3, 0.4) is 0 Å². The molecule has 4 nitrogen and oxygen atoms in total. The van der Waals surface area contributed by atoms with Crippen LogP contribution in [0.2, 0.25) is 0 Å². The summed E-state index contributed by atoms with van der Waals surface area (Å²) in [5, 5.41) is 6.42. The van der Waals surface area contributed by atoms with Crippen molar-refractivity contribution in [2.75, 3.05) is 0 Å². The van der Waals surface area contributed by atoms with E-state index in [2.05, 4.69) is 33.4 Å². The Balaban J connectivity index is 2.07. The highest BCUT2D eigenvalue weighted by Crippen LogP contribution is 2.35.